The summed E-state index contributed by atoms with van der Waals surface area (Å²) in [5.41, 5.74) is 6.13. The molecule has 2 aromatic rings. The zero-order valence-electron chi connectivity index (χ0n) is 7.77. The van der Waals surface area contributed by atoms with Crippen LogP contribution < -0.4 is 11.3 Å². The number of hydrogen-bond donors (Lipinski definition) is 3. The number of nitrogen functional groups attached to an aromatic ring is 1. The molecule has 0 fully saturated rings. The molecule has 0 saturated heterocycles. The van der Waals surface area contributed by atoms with Gasteiger partial charge in [0.2, 0.25) is 0 Å². The molecule has 0 aliphatic rings. The lowest BCUT2D eigenvalue weighted by atomic mass is 10.1. The number of phenols is 1. The van der Waals surface area contributed by atoms with Crippen LogP contribution in [0.2, 0.25) is 0 Å². The van der Waals surface area contributed by atoms with Gasteiger partial charge in [0.25, 0.3) is 5.56 Å². The molecule has 0 bridgehead atoms. The Labute approximate surface area is 85.2 Å². The third-order valence-corrected chi connectivity index (χ3v) is 2.00. The molecule has 4 N–H and O–H groups in total. The van der Waals surface area contributed by atoms with Gasteiger partial charge in [-0.2, -0.15) is 0 Å². The number of aromatic nitrogens is 2. The Hall–Kier alpha value is -2.30. The highest BCUT2D eigenvalue weighted by Crippen LogP contribution is 2.17. The topological polar surface area (TPSA) is 92.0 Å². The zero-order valence-corrected chi connectivity index (χ0v) is 7.77. The number of hydrogen-bond acceptors (Lipinski definition) is 4. The first-order chi connectivity index (χ1) is 7.16. The van der Waals surface area contributed by atoms with Crippen LogP contribution in [0.1, 0.15) is 0 Å². The molecule has 76 valence electrons. The quantitative estimate of drug-likeness (QED) is 0.636. The van der Waals surface area contributed by atoms with Crippen molar-refractivity contribution in [2.45, 2.75) is 0 Å². The summed E-state index contributed by atoms with van der Waals surface area (Å²) in [4.78, 5) is 17.7. The Bertz CT molecular complexity index is 531. The summed E-state index contributed by atoms with van der Waals surface area (Å²) in [6.07, 6.45) is 1.40. The van der Waals surface area contributed by atoms with Crippen molar-refractivity contribution in [3.63, 3.8) is 0 Å². The van der Waals surface area contributed by atoms with Crippen LogP contribution in [0.4, 0.5) is 5.95 Å². The molecule has 5 nitrogen and oxygen atoms in total. The van der Waals surface area contributed by atoms with Gasteiger partial charge in [0.05, 0.1) is 5.56 Å². The minimum Gasteiger partial charge on any atom is -0.508 e. The van der Waals surface area contributed by atoms with E-state index < -0.39 is 0 Å². The normalized spacial score (nSPS) is 10.1. The summed E-state index contributed by atoms with van der Waals surface area (Å²) in [6.45, 7) is 0. The molecule has 0 aliphatic carbocycles. The summed E-state index contributed by atoms with van der Waals surface area (Å²) >= 11 is 0. The third kappa shape index (κ3) is 1.80. The van der Waals surface area contributed by atoms with Gasteiger partial charge >= 0.3 is 0 Å². The number of aromatic hydroxyl groups is 1. The number of nitrogens with two attached hydrogens (primary N) is 1. The third-order valence-electron chi connectivity index (χ3n) is 2.00. The Morgan fingerprint density at radius 3 is 2.53 bits per heavy atom. The molecule has 2 rings (SSSR count). The number of benzene rings is 1. The van der Waals surface area contributed by atoms with Gasteiger partial charge in [-0.15, -0.1) is 0 Å². The van der Waals surface area contributed by atoms with Gasteiger partial charge in [-0.05, 0) is 17.7 Å². The van der Waals surface area contributed by atoms with E-state index in [2.05, 4.69) is 9.97 Å². The lowest BCUT2D eigenvalue weighted by Crippen LogP contribution is -2.12. The summed E-state index contributed by atoms with van der Waals surface area (Å²) in [7, 11) is 0. The summed E-state index contributed by atoms with van der Waals surface area (Å²) in [5, 5.41) is 9.10. The number of H-pyrrole nitrogens is 1. The minimum atomic E-state index is -0.298. The van der Waals surface area contributed by atoms with E-state index in [0.717, 1.165) is 0 Å². The largest absolute Gasteiger partial charge is 0.508 e. The first-order valence-corrected chi connectivity index (χ1v) is 4.31. The van der Waals surface area contributed by atoms with E-state index in [-0.39, 0.29) is 17.3 Å². The molecule has 1 aromatic carbocycles. The molecule has 0 unspecified atom stereocenters. The van der Waals surface area contributed by atoms with Gasteiger partial charge in [-0.25, -0.2) is 4.98 Å². The lowest BCUT2D eigenvalue weighted by molar-refractivity contribution is 0.475. The van der Waals surface area contributed by atoms with Gasteiger partial charge in [-0.3, -0.25) is 9.78 Å². The molecule has 0 radical (unpaired) electrons. The van der Waals surface area contributed by atoms with Crippen LogP contribution in [-0.4, -0.2) is 15.1 Å². The maximum absolute atomic E-state index is 11.5. The van der Waals surface area contributed by atoms with Gasteiger partial charge < -0.3 is 10.8 Å². The van der Waals surface area contributed by atoms with Crippen molar-refractivity contribution in [2.24, 2.45) is 0 Å². The van der Waals surface area contributed by atoms with Crippen LogP contribution in [-0.2, 0) is 0 Å². The van der Waals surface area contributed by atoms with Crippen molar-refractivity contribution in [3.8, 4) is 16.9 Å². The van der Waals surface area contributed by atoms with E-state index in [1.807, 2.05) is 0 Å². The smallest absolute Gasteiger partial charge is 0.260 e. The summed E-state index contributed by atoms with van der Waals surface area (Å²) < 4.78 is 0. The fourth-order valence-corrected chi connectivity index (χ4v) is 1.26. The number of phenolic OH excluding ortho intramolecular Hbond substituents is 1. The Kier molecular flexibility index (Phi) is 2.13. The van der Waals surface area contributed by atoms with Crippen LogP contribution >= 0.6 is 0 Å². The van der Waals surface area contributed by atoms with E-state index >= 15 is 0 Å². The highest BCUT2D eigenvalue weighted by Gasteiger charge is 2.03. The molecule has 5 heteroatoms. The SMILES string of the molecule is Nc1ncc(-c2ccc(O)cc2)c(=O)[nH]1. The molecule has 0 atom stereocenters. The summed E-state index contributed by atoms with van der Waals surface area (Å²) in [5.74, 6) is 0.237. The van der Waals surface area contributed by atoms with E-state index in [1.165, 1.54) is 18.3 Å². The fourth-order valence-electron chi connectivity index (χ4n) is 1.26. The maximum atomic E-state index is 11.5. The Morgan fingerprint density at radius 1 is 1.27 bits per heavy atom. The van der Waals surface area contributed by atoms with Gasteiger partial charge in [-0.1, -0.05) is 12.1 Å². The van der Waals surface area contributed by atoms with Crippen molar-refractivity contribution >= 4 is 5.95 Å². The zero-order chi connectivity index (χ0) is 10.8. The number of rotatable bonds is 1. The molecular formula is C10H9N3O2. The molecule has 0 aliphatic heterocycles. The molecular weight excluding hydrogens is 194 g/mol. The van der Waals surface area contributed by atoms with Gasteiger partial charge in [0.15, 0.2) is 5.95 Å². The standard InChI is InChI=1S/C10H9N3O2/c11-10-12-5-8(9(15)13-10)6-1-3-7(14)4-2-6/h1-5,14H,(H3,11,12,13,15). The summed E-state index contributed by atoms with van der Waals surface area (Å²) in [6, 6.07) is 6.28. The van der Waals surface area contributed by atoms with E-state index in [9.17, 15) is 4.79 Å². The number of nitrogens with one attached hydrogen (secondary N) is 1. The van der Waals surface area contributed by atoms with Crippen LogP contribution in [0.15, 0.2) is 35.3 Å². The van der Waals surface area contributed by atoms with Crippen LogP contribution in [0.5, 0.6) is 5.75 Å². The van der Waals surface area contributed by atoms with E-state index in [0.29, 0.717) is 11.1 Å². The first kappa shape index (κ1) is 9.26. The van der Waals surface area contributed by atoms with Crippen molar-refractivity contribution in [1.29, 1.82) is 0 Å². The van der Waals surface area contributed by atoms with Gasteiger partial charge in [0.1, 0.15) is 5.75 Å². The second kappa shape index (κ2) is 3.45. The van der Waals surface area contributed by atoms with E-state index in [1.54, 1.807) is 12.1 Å². The molecule has 0 saturated carbocycles. The highest BCUT2D eigenvalue weighted by atomic mass is 16.3. The second-order valence-electron chi connectivity index (χ2n) is 3.06. The average Bonchev–Trinajstić information content (AvgIpc) is 2.20. The fraction of sp³-hybridized carbons (Fsp3) is 0. The van der Waals surface area contributed by atoms with Crippen molar-refractivity contribution in [3.05, 3.63) is 40.8 Å². The van der Waals surface area contributed by atoms with Crippen molar-refractivity contribution < 1.29 is 5.11 Å². The second-order valence-corrected chi connectivity index (χ2v) is 3.06. The molecule has 1 heterocycles. The maximum Gasteiger partial charge on any atom is 0.260 e. The van der Waals surface area contributed by atoms with Crippen LogP contribution in [0.25, 0.3) is 11.1 Å². The highest BCUT2D eigenvalue weighted by molar-refractivity contribution is 5.62. The predicted molar refractivity (Wildman–Crippen MR) is 56.4 cm³/mol. The monoisotopic (exact) mass is 203 g/mol. The predicted octanol–water partition coefficient (Wildman–Crippen LogP) is 0.725. The van der Waals surface area contributed by atoms with Crippen molar-refractivity contribution in [2.75, 3.05) is 5.73 Å². The number of aromatic amines is 1. The number of nitrogens with zero attached hydrogens (tertiary/aromatic N) is 1. The average molecular weight is 203 g/mol. The minimum absolute atomic E-state index is 0.0857. The van der Waals surface area contributed by atoms with Crippen molar-refractivity contribution in [1.82, 2.24) is 9.97 Å². The molecule has 1 aromatic heterocycles. The molecule has 0 amide bonds. The molecule has 15 heavy (non-hydrogen) atoms. The van der Waals surface area contributed by atoms with Crippen LogP contribution in [0.3, 0.4) is 0 Å². The van der Waals surface area contributed by atoms with Gasteiger partial charge in [0, 0.05) is 6.20 Å². The lowest BCUT2D eigenvalue weighted by Gasteiger charge is -2.00. The number of anilines is 1. The Morgan fingerprint density at radius 2 is 1.93 bits per heavy atom. The van der Waals surface area contributed by atoms with E-state index in [4.69, 9.17) is 10.8 Å². The first-order valence-electron chi connectivity index (χ1n) is 4.31. The molecule has 0 spiro atoms. The van der Waals surface area contributed by atoms with Crippen LogP contribution in [0, 0.1) is 0 Å². The Balaban J connectivity index is 2.55.